The number of carbonyl (C=O) groups is 1. The van der Waals surface area contributed by atoms with E-state index in [0.29, 0.717) is 12.3 Å². The molecule has 1 fully saturated rings. The van der Waals surface area contributed by atoms with Crippen LogP contribution in [0.2, 0.25) is 0 Å². The Morgan fingerprint density at radius 2 is 2.46 bits per heavy atom. The minimum Gasteiger partial charge on any atom is -0.342 e. The second-order valence-electron chi connectivity index (χ2n) is 3.42. The minimum absolute atomic E-state index is 0.0799. The zero-order valence-electron chi connectivity index (χ0n) is 7.97. The maximum absolute atomic E-state index is 11.3. The van der Waals surface area contributed by atoms with Crippen LogP contribution in [0.1, 0.15) is 19.8 Å². The third-order valence-corrected chi connectivity index (χ3v) is 2.28. The van der Waals surface area contributed by atoms with Crippen molar-refractivity contribution in [2.24, 2.45) is 5.92 Å². The second-order valence-corrected chi connectivity index (χ2v) is 3.42. The number of hydrogen-bond acceptors (Lipinski definition) is 2. The number of nitrogens with one attached hydrogen (secondary N) is 2. The summed E-state index contributed by atoms with van der Waals surface area (Å²) in [5, 5.41) is 5.94. The predicted molar refractivity (Wildman–Crippen MR) is 52.0 cm³/mol. The van der Waals surface area contributed by atoms with Gasteiger partial charge in [-0.2, -0.15) is 0 Å². The number of amides is 1. The van der Waals surface area contributed by atoms with E-state index in [9.17, 15) is 4.79 Å². The van der Waals surface area contributed by atoms with Gasteiger partial charge in [-0.15, -0.1) is 6.42 Å². The molecule has 0 bridgehead atoms. The van der Waals surface area contributed by atoms with E-state index in [-0.39, 0.29) is 11.9 Å². The first-order valence-electron chi connectivity index (χ1n) is 4.72. The third-order valence-electron chi connectivity index (χ3n) is 2.28. The van der Waals surface area contributed by atoms with Gasteiger partial charge in [-0.1, -0.05) is 12.8 Å². The van der Waals surface area contributed by atoms with Gasteiger partial charge in [0.2, 0.25) is 5.91 Å². The molecule has 1 amide bonds. The van der Waals surface area contributed by atoms with Crippen molar-refractivity contribution in [1.29, 1.82) is 0 Å². The van der Waals surface area contributed by atoms with Crippen LogP contribution in [0.3, 0.4) is 0 Å². The highest BCUT2D eigenvalue weighted by Gasteiger charge is 2.20. The number of rotatable bonds is 4. The highest BCUT2D eigenvalue weighted by molar-refractivity contribution is 5.77. The molecule has 1 atom stereocenters. The molecule has 72 valence electrons. The predicted octanol–water partition coefficient (Wildman–Crippen LogP) is 0.124. The van der Waals surface area contributed by atoms with Crippen LogP contribution < -0.4 is 10.6 Å². The van der Waals surface area contributed by atoms with Crippen LogP contribution in [0.15, 0.2) is 0 Å². The van der Waals surface area contributed by atoms with Gasteiger partial charge in [0.1, 0.15) is 0 Å². The van der Waals surface area contributed by atoms with Crippen LogP contribution in [0.4, 0.5) is 0 Å². The number of terminal acetylenes is 1. The van der Waals surface area contributed by atoms with Gasteiger partial charge >= 0.3 is 0 Å². The number of carbonyl (C=O) groups excluding carboxylic acids is 1. The van der Waals surface area contributed by atoms with Crippen LogP contribution in [-0.2, 0) is 4.79 Å². The van der Waals surface area contributed by atoms with Gasteiger partial charge in [-0.05, 0) is 25.4 Å². The van der Waals surface area contributed by atoms with Gasteiger partial charge in [0.15, 0.2) is 0 Å². The molecule has 3 heteroatoms. The van der Waals surface area contributed by atoms with Crippen molar-refractivity contribution in [3.05, 3.63) is 0 Å². The monoisotopic (exact) mass is 180 g/mol. The zero-order chi connectivity index (χ0) is 9.68. The third kappa shape index (κ3) is 3.08. The average Bonchev–Trinajstić information content (AvgIpc) is 2.07. The van der Waals surface area contributed by atoms with Crippen LogP contribution in [-0.4, -0.2) is 25.0 Å². The minimum atomic E-state index is -0.0967. The highest BCUT2D eigenvalue weighted by Crippen LogP contribution is 2.07. The quantitative estimate of drug-likeness (QED) is 0.603. The Balaban J connectivity index is 2.19. The van der Waals surface area contributed by atoms with Crippen molar-refractivity contribution in [3.63, 3.8) is 0 Å². The molecular weight excluding hydrogens is 164 g/mol. The molecule has 0 saturated carbocycles. The SMILES string of the molecule is C#CC(CC)NC(=O)CC1CNC1. The lowest BCUT2D eigenvalue weighted by atomic mass is 9.99. The summed E-state index contributed by atoms with van der Waals surface area (Å²) in [7, 11) is 0. The Labute approximate surface area is 79.3 Å². The lowest BCUT2D eigenvalue weighted by molar-refractivity contribution is -0.122. The van der Waals surface area contributed by atoms with E-state index in [1.165, 1.54) is 0 Å². The van der Waals surface area contributed by atoms with Crippen LogP contribution in [0.25, 0.3) is 0 Å². The molecule has 0 aromatic rings. The summed E-state index contributed by atoms with van der Waals surface area (Å²) in [6.07, 6.45) is 6.63. The second kappa shape index (κ2) is 4.88. The summed E-state index contributed by atoms with van der Waals surface area (Å²) < 4.78 is 0. The molecule has 2 N–H and O–H groups in total. The molecule has 1 saturated heterocycles. The first-order chi connectivity index (χ1) is 6.26. The standard InChI is InChI=1S/C10H16N2O/c1-3-9(4-2)12-10(13)5-8-6-11-7-8/h1,8-9,11H,4-7H2,2H3,(H,12,13). The van der Waals surface area contributed by atoms with E-state index in [1.807, 2.05) is 6.92 Å². The summed E-state index contributed by atoms with van der Waals surface area (Å²) in [4.78, 5) is 11.3. The fourth-order valence-corrected chi connectivity index (χ4v) is 1.27. The smallest absolute Gasteiger partial charge is 0.221 e. The molecular formula is C10H16N2O. The topological polar surface area (TPSA) is 41.1 Å². The lowest BCUT2D eigenvalue weighted by Crippen LogP contribution is -2.45. The number of hydrogen-bond donors (Lipinski definition) is 2. The molecule has 1 aliphatic heterocycles. The summed E-state index contributed by atoms with van der Waals surface area (Å²) in [6, 6.07) is -0.0967. The lowest BCUT2D eigenvalue weighted by Gasteiger charge is -2.26. The Morgan fingerprint density at radius 3 is 2.85 bits per heavy atom. The molecule has 1 heterocycles. The maximum Gasteiger partial charge on any atom is 0.221 e. The molecule has 0 spiro atoms. The van der Waals surface area contributed by atoms with Crippen molar-refractivity contribution in [2.45, 2.75) is 25.8 Å². The summed E-state index contributed by atoms with van der Waals surface area (Å²) in [6.45, 7) is 3.89. The summed E-state index contributed by atoms with van der Waals surface area (Å²) >= 11 is 0. The Hall–Kier alpha value is -1.01. The first kappa shape index (κ1) is 10.1. The van der Waals surface area contributed by atoms with E-state index in [0.717, 1.165) is 19.5 Å². The Kier molecular flexibility index (Phi) is 3.78. The van der Waals surface area contributed by atoms with E-state index in [1.54, 1.807) is 0 Å². The van der Waals surface area contributed by atoms with E-state index in [4.69, 9.17) is 6.42 Å². The molecule has 1 unspecified atom stereocenters. The van der Waals surface area contributed by atoms with E-state index < -0.39 is 0 Å². The van der Waals surface area contributed by atoms with Crippen molar-refractivity contribution in [2.75, 3.05) is 13.1 Å². The summed E-state index contributed by atoms with van der Waals surface area (Å²) in [5.74, 6) is 3.13. The van der Waals surface area contributed by atoms with Crippen molar-refractivity contribution in [3.8, 4) is 12.3 Å². The molecule has 0 aromatic carbocycles. The summed E-state index contributed by atoms with van der Waals surface area (Å²) in [5.41, 5.74) is 0. The molecule has 0 aromatic heterocycles. The van der Waals surface area contributed by atoms with Gasteiger partial charge in [0.25, 0.3) is 0 Å². The van der Waals surface area contributed by atoms with Gasteiger partial charge in [0, 0.05) is 6.42 Å². The largest absolute Gasteiger partial charge is 0.342 e. The van der Waals surface area contributed by atoms with E-state index in [2.05, 4.69) is 16.6 Å². The molecule has 0 radical (unpaired) electrons. The van der Waals surface area contributed by atoms with Crippen LogP contribution >= 0.6 is 0 Å². The zero-order valence-corrected chi connectivity index (χ0v) is 7.97. The van der Waals surface area contributed by atoms with Crippen molar-refractivity contribution < 1.29 is 4.79 Å². The molecule has 13 heavy (non-hydrogen) atoms. The van der Waals surface area contributed by atoms with E-state index >= 15 is 0 Å². The fraction of sp³-hybridized carbons (Fsp3) is 0.700. The van der Waals surface area contributed by atoms with Gasteiger partial charge < -0.3 is 10.6 Å². The first-order valence-corrected chi connectivity index (χ1v) is 4.72. The maximum atomic E-state index is 11.3. The van der Waals surface area contributed by atoms with Gasteiger partial charge in [0.05, 0.1) is 6.04 Å². The molecule has 3 nitrogen and oxygen atoms in total. The highest BCUT2D eigenvalue weighted by atomic mass is 16.1. The van der Waals surface area contributed by atoms with Crippen molar-refractivity contribution in [1.82, 2.24) is 10.6 Å². The normalized spacial score (nSPS) is 18.5. The molecule has 1 aliphatic rings. The average molecular weight is 180 g/mol. The van der Waals surface area contributed by atoms with Gasteiger partial charge in [-0.3, -0.25) is 4.79 Å². The molecule has 0 aliphatic carbocycles. The Morgan fingerprint density at radius 1 is 1.77 bits per heavy atom. The van der Waals surface area contributed by atoms with Crippen LogP contribution in [0, 0.1) is 18.3 Å². The van der Waals surface area contributed by atoms with Crippen molar-refractivity contribution >= 4 is 5.91 Å². The van der Waals surface area contributed by atoms with Gasteiger partial charge in [-0.25, -0.2) is 0 Å². The Bertz CT molecular complexity index is 215. The van der Waals surface area contributed by atoms with Crippen LogP contribution in [0.5, 0.6) is 0 Å². The fourth-order valence-electron chi connectivity index (χ4n) is 1.27. The molecule has 1 rings (SSSR count).